The second-order valence-corrected chi connectivity index (χ2v) is 4.48. The average molecular weight is 285 g/mol. The largest absolute Gasteiger partial charge is 0.494 e. The molecule has 0 aromatic heterocycles. The minimum Gasteiger partial charge on any atom is -0.494 e. The molecule has 0 aliphatic rings. The molecule has 4 heteroatoms. The second-order valence-electron chi connectivity index (χ2n) is 4.48. The molecule has 0 aliphatic carbocycles. The number of ether oxygens (including phenoxy) is 2. The Morgan fingerprint density at radius 3 is 2.52 bits per heavy atom. The SMILES string of the molecule is COC(=O)c1ccccc1NCCCOc1ccccc1. The van der Waals surface area contributed by atoms with Gasteiger partial charge in [0.1, 0.15) is 5.75 Å². The summed E-state index contributed by atoms with van der Waals surface area (Å²) in [4.78, 5) is 11.6. The molecule has 0 fully saturated rings. The van der Waals surface area contributed by atoms with Crippen LogP contribution in [0.25, 0.3) is 0 Å². The lowest BCUT2D eigenvalue weighted by molar-refractivity contribution is 0.0602. The molecular weight excluding hydrogens is 266 g/mol. The summed E-state index contributed by atoms with van der Waals surface area (Å²) in [5, 5.41) is 3.23. The van der Waals surface area contributed by atoms with Gasteiger partial charge in [-0.25, -0.2) is 4.79 Å². The predicted octanol–water partition coefficient (Wildman–Crippen LogP) is 3.35. The zero-order chi connectivity index (χ0) is 14.9. The molecule has 2 aromatic carbocycles. The number of rotatable bonds is 7. The van der Waals surface area contributed by atoms with Gasteiger partial charge in [-0.2, -0.15) is 0 Å². The van der Waals surface area contributed by atoms with E-state index < -0.39 is 0 Å². The number of para-hydroxylation sites is 2. The number of hydrogen-bond acceptors (Lipinski definition) is 4. The number of carbonyl (C=O) groups is 1. The Balaban J connectivity index is 1.77. The van der Waals surface area contributed by atoms with Crippen LogP contribution in [-0.2, 0) is 4.74 Å². The standard InChI is InChI=1S/C17H19NO3/c1-20-17(19)15-10-5-6-11-16(15)18-12-7-13-21-14-8-3-2-4-9-14/h2-6,8-11,18H,7,12-13H2,1H3. The van der Waals surface area contributed by atoms with E-state index in [1.807, 2.05) is 48.5 Å². The van der Waals surface area contributed by atoms with Gasteiger partial charge < -0.3 is 14.8 Å². The third-order valence-electron chi connectivity index (χ3n) is 2.98. The summed E-state index contributed by atoms with van der Waals surface area (Å²) in [6.07, 6.45) is 0.838. The van der Waals surface area contributed by atoms with Crippen molar-refractivity contribution in [1.29, 1.82) is 0 Å². The summed E-state index contributed by atoms with van der Waals surface area (Å²) < 4.78 is 10.4. The maximum atomic E-state index is 11.6. The maximum absolute atomic E-state index is 11.6. The van der Waals surface area contributed by atoms with E-state index in [0.717, 1.165) is 24.4 Å². The fourth-order valence-electron chi connectivity index (χ4n) is 1.93. The van der Waals surface area contributed by atoms with E-state index in [4.69, 9.17) is 9.47 Å². The zero-order valence-electron chi connectivity index (χ0n) is 12.0. The average Bonchev–Trinajstić information content (AvgIpc) is 2.55. The Bertz CT molecular complexity index is 569. The lowest BCUT2D eigenvalue weighted by Gasteiger charge is -2.11. The first-order valence-corrected chi connectivity index (χ1v) is 6.90. The van der Waals surface area contributed by atoms with E-state index in [1.165, 1.54) is 7.11 Å². The van der Waals surface area contributed by atoms with Gasteiger partial charge in [0.2, 0.25) is 0 Å². The van der Waals surface area contributed by atoms with E-state index in [1.54, 1.807) is 6.07 Å². The van der Waals surface area contributed by atoms with Crippen LogP contribution in [0.3, 0.4) is 0 Å². The van der Waals surface area contributed by atoms with Crippen LogP contribution in [0, 0.1) is 0 Å². The van der Waals surface area contributed by atoms with Crippen molar-refractivity contribution in [3.63, 3.8) is 0 Å². The van der Waals surface area contributed by atoms with Gasteiger partial charge in [-0.3, -0.25) is 0 Å². The Morgan fingerprint density at radius 1 is 1.05 bits per heavy atom. The Morgan fingerprint density at radius 2 is 1.76 bits per heavy atom. The van der Waals surface area contributed by atoms with Crippen LogP contribution in [0.2, 0.25) is 0 Å². The van der Waals surface area contributed by atoms with Crippen molar-refractivity contribution in [2.75, 3.05) is 25.6 Å². The fraction of sp³-hybridized carbons (Fsp3) is 0.235. The van der Waals surface area contributed by atoms with Crippen molar-refractivity contribution in [2.24, 2.45) is 0 Å². The topological polar surface area (TPSA) is 47.6 Å². The van der Waals surface area contributed by atoms with Crippen LogP contribution in [-0.4, -0.2) is 26.2 Å². The van der Waals surface area contributed by atoms with Crippen molar-refractivity contribution in [3.05, 3.63) is 60.2 Å². The minimum absolute atomic E-state index is 0.335. The number of hydrogen-bond donors (Lipinski definition) is 1. The minimum atomic E-state index is -0.335. The van der Waals surface area contributed by atoms with E-state index in [-0.39, 0.29) is 5.97 Å². The maximum Gasteiger partial charge on any atom is 0.339 e. The molecular formula is C17H19NO3. The summed E-state index contributed by atoms with van der Waals surface area (Å²) in [5.41, 5.74) is 1.33. The first kappa shape index (κ1) is 14.9. The van der Waals surface area contributed by atoms with Gasteiger partial charge in [-0.1, -0.05) is 30.3 Å². The van der Waals surface area contributed by atoms with Crippen LogP contribution >= 0.6 is 0 Å². The molecule has 0 radical (unpaired) electrons. The smallest absolute Gasteiger partial charge is 0.339 e. The number of nitrogens with one attached hydrogen (secondary N) is 1. The van der Waals surface area contributed by atoms with Crippen molar-refractivity contribution in [2.45, 2.75) is 6.42 Å². The fourth-order valence-corrected chi connectivity index (χ4v) is 1.93. The van der Waals surface area contributed by atoms with Crippen LogP contribution < -0.4 is 10.1 Å². The quantitative estimate of drug-likeness (QED) is 0.626. The summed E-state index contributed by atoms with van der Waals surface area (Å²) in [6.45, 7) is 1.35. The highest BCUT2D eigenvalue weighted by molar-refractivity contribution is 5.95. The molecule has 0 heterocycles. The highest BCUT2D eigenvalue weighted by Gasteiger charge is 2.09. The molecule has 2 aromatic rings. The number of benzene rings is 2. The van der Waals surface area contributed by atoms with Gasteiger partial charge >= 0.3 is 5.97 Å². The third kappa shape index (κ3) is 4.53. The number of esters is 1. The normalized spacial score (nSPS) is 9.95. The summed E-state index contributed by atoms with van der Waals surface area (Å²) in [6, 6.07) is 17.0. The van der Waals surface area contributed by atoms with Crippen LogP contribution in [0.15, 0.2) is 54.6 Å². The third-order valence-corrected chi connectivity index (χ3v) is 2.98. The highest BCUT2D eigenvalue weighted by atomic mass is 16.5. The number of carbonyl (C=O) groups excluding carboxylic acids is 1. The second kappa shape index (κ2) is 7.94. The molecule has 0 saturated heterocycles. The van der Waals surface area contributed by atoms with Gasteiger partial charge in [0.05, 0.1) is 19.3 Å². The molecule has 4 nitrogen and oxygen atoms in total. The first-order valence-electron chi connectivity index (χ1n) is 6.90. The summed E-state index contributed by atoms with van der Waals surface area (Å²) >= 11 is 0. The summed E-state index contributed by atoms with van der Waals surface area (Å²) in [7, 11) is 1.38. The number of anilines is 1. The van der Waals surface area contributed by atoms with E-state index in [2.05, 4.69) is 5.32 Å². The van der Waals surface area contributed by atoms with Crippen molar-refractivity contribution in [1.82, 2.24) is 0 Å². The predicted molar refractivity (Wildman–Crippen MR) is 82.8 cm³/mol. The molecule has 0 amide bonds. The van der Waals surface area contributed by atoms with Gasteiger partial charge in [-0.05, 0) is 30.7 Å². The van der Waals surface area contributed by atoms with Crippen molar-refractivity contribution >= 4 is 11.7 Å². The lowest BCUT2D eigenvalue weighted by Crippen LogP contribution is -2.11. The molecule has 2 rings (SSSR count). The molecule has 0 atom stereocenters. The highest BCUT2D eigenvalue weighted by Crippen LogP contribution is 2.16. The van der Waals surface area contributed by atoms with Crippen LogP contribution in [0.1, 0.15) is 16.8 Å². The molecule has 110 valence electrons. The molecule has 0 saturated carbocycles. The Hall–Kier alpha value is -2.49. The van der Waals surface area contributed by atoms with Crippen molar-refractivity contribution < 1.29 is 14.3 Å². The van der Waals surface area contributed by atoms with Crippen LogP contribution in [0.5, 0.6) is 5.75 Å². The Labute approximate surface area is 124 Å². The van der Waals surface area contributed by atoms with Crippen molar-refractivity contribution in [3.8, 4) is 5.75 Å². The van der Waals surface area contributed by atoms with Crippen LogP contribution in [0.4, 0.5) is 5.69 Å². The first-order chi connectivity index (χ1) is 10.3. The van der Waals surface area contributed by atoms with E-state index in [0.29, 0.717) is 12.2 Å². The molecule has 1 N–H and O–H groups in total. The monoisotopic (exact) mass is 285 g/mol. The zero-order valence-corrected chi connectivity index (χ0v) is 12.0. The summed E-state index contributed by atoms with van der Waals surface area (Å²) in [5.74, 6) is 0.533. The molecule has 0 spiro atoms. The van der Waals surface area contributed by atoms with Gasteiger partial charge in [-0.15, -0.1) is 0 Å². The van der Waals surface area contributed by atoms with E-state index in [9.17, 15) is 4.79 Å². The number of methoxy groups -OCH3 is 1. The van der Waals surface area contributed by atoms with Gasteiger partial charge in [0.25, 0.3) is 0 Å². The lowest BCUT2D eigenvalue weighted by atomic mass is 10.2. The molecule has 21 heavy (non-hydrogen) atoms. The Kier molecular flexibility index (Phi) is 5.64. The van der Waals surface area contributed by atoms with Gasteiger partial charge in [0, 0.05) is 12.2 Å². The molecule has 0 aliphatic heterocycles. The van der Waals surface area contributed by atoms with Gasteiger partial charge in [0.15, 0.2) is 0 Å². The molecule has 0 bridgehead atoms. The van der Waals surface area contributed by atoms with E-state index >= 15 is 0 Å². The molecule has 0 unspecified atom stereocenters.